The number of methoxy groups -OCH3 is 2. The van der Waals surface area contributed by atoms with E-state index in [4.69, 9.17) is 15.2 Å². The average molecular weight is 403 g/mol. The SMILES string of the molecule is COc1ccc(CCC(=O)Nc2sc3c(c2C(N)=O)CC[C@H](C)C3)cc1OC. The highest BCUT2D eigenvalue weighted by molar-refractivity contribution is 7.17. The monoisotopic (exact) mass is 402 g/mol. The summed E-state index contributed by atoms with van der Waals surface area (Å²) in [7, 11) is 3.17. The molecule has 150 valence electrons. The highest BCUT2D eigenvalue weighted by Gasteiger charge is 2.27. The molecule has 0 aliphatic heterocycles. The molecule has 3 N–H and O–H groups in total. The zero-order chi connectivity index (χ0) is 20.3. The van der Waals surface area contributed by atoms with Gasteiger partial charge in [0.05, 0.1) is 19.8 Å². The van der Waals surface area contributed by atoms with Crippen molar-refractivity contribution in [2.75, 3.05) is 19.5 Å². The zero-order valence-electron chi connectivity index (χ0n) is 16.5. The summed E-state index contributed by atoms with van der Waals surface area (Å²) >= 11 is 1.49. The van der Waals surface area contributed by atoms with Crippen LogP contribution in [-0.2, 0) is 24.1 Å². The molecule has 1 aromatic heterocycles. The van der Waals surface area contributed by atoms with E-state index in [-0.39, 0.29) is 5.91 Å². The Balaban J connectivity index is 1.69. The van der Waals surface area contributed by atoms with Crippen molar-refractivity contribution in [1.29, 1.82) is 0 Å². The van der Waals surface area contributed by atoms with Gasteiger partial charge < -0.3 is 20.5 Å². The van der Waals surface area contributed by atoms with Crippen LogP contribution in [-0.4, -0.2) is 26.0 Å². The number of thiophene rings is 1. The summed E-state index contributed by atoms with van der Waals surface area (Å²) in [4.78, 5) is 25.7. The Kier molecular flexibility index (Phi) is 6.24. The minimum Gasteiger partial charge on any atom is -0.493 e. The predicted octanol–water partition coefficient (Wildman–Crippen LogP) is 3.56. The van der Waals surface area contributed by atoms with Gasteiger partial charge in [0.1, 0.15) is 5.00 Å². The second-order valence-electron chi connectivity index (χ2n) is 7.16. The van der Waals surface area contributed by atoms with E-state index in [2.05, 4.69) is 12.2 Å². The number of nitrogens with two attached hydrogens (primary N) is 1. The summed E-state index contributed by atoms with van der Waals surface area (Å²) in [5.41, 5.74) is 8.09. The molecule has 0 unspecified atom stereocenters. The van der Waals surface area contributed by atoms with Gasteiger partial charge in [-0.05, 0) is 54.9 Å². The summed E-state index contributed by atoms with van der Waals surface area (Å²) in [6, 6.07) is 5.60. The van der Waals surface area contributed by atoms with Gasteiger partial charge in [0.2, 0.25) is 5.91 Å². The molecular formula is C21H26N2O4S. The van der Waals surface area contributed by atoms with Gasteiger partial charge in [-0.15, -0.1) is 11.3 Å². The summed E-state index contributed by atoms with van der Waals surface area (Å²) in [6.45, 7) is 2.20. The molecule has 1 aliphatic carbocycles. The molecule has 0 saturated carbocycles. The standard InChI is InChI=1S/C21H26N2O4S/c1-12-4-7-14-17(10-12)28-21(19(14)20(22)25)23-18(24)9-6-13-5-8-15(26-2)16(11-13)27-3/h5,8,11-12H,4,6-7,9-10H2,1-3H3,(H2,22,25)(H,23,24)/t12-/m0/s1. The maximum absolute atomic E-state index is 12.5. The molecule has 6 nitrogen and oxygen atoms in total. The first kappa shape index (κ1) is 20.2. The number of primary amides is 1. The molecule has 0 spiro atoms. The first-order chi connectivity index (χ1) is 13.4. The van der Waals surface area contributed by atoms with Crippen LogP contribution in [0.4, 0.5) is 5.00 Å². The van der Waals surface area contributed by atoms with Gasteiger partial charge in [-0.25, -0.2) is 0 Å². The number of carbonyl (C=O) groups is 2. The molecule has 28 heavy (non-hydrogen) atoms. The van der Waals surface area contributed by atoms with Crippen molar-refractivity contribution in [3.8, 4) is 11.5 Å². The fraction of sp³-hybridized carbons (Fsp3) is 0.429. The maximum Gasteiger partial charge on any atom is 0.251 e. The normalized spacial score (nSPS) is 15.6. The van der Waals surface area contributed by atoms with E-state index in [1.54, 1.807) is 14.2 Å². The van der Waals surface area contributed by atoms with E-state index in [0.29, 0.717) is 40.8 Å². The molecule has 0 fully saturated rings. The molecule has 1 aliphatic rings. The largest absolute Gasteiger partial charge is 0.493 e. The Bertz CT molecular complexity index is 891. The number of nitrogens with one attached hydrogen (secondary N) is 1. The maximum atomic E-state index is 12.5. The molecule has 1 aromatic carbocycles. The van der Waals surface area contributed by atoms with E-state index < -0.39 is 5.91 Å². The van der Waals surface area contributed by atoms with Crippen LogP contribution < -0.4 is 20.5 Å². The predicted molar refractivity (Wildman–Crippen MR) is 111 cm³/mol. The topological polar surface area (TPSA) is 90.6 Å². The van der Waals surface area contributed by atoms with Gasteiger partial charge >= 0.3 is 0 Å². The molecule has 0 radical (unpaired) electrons. The first-order valence-corrected chi connectivity index (χ1v) is 10.2. The number of anilines is 1. The Morgan fingerprint density at radius 3 is 2.68 bits per heavy atom. The highest BCUT2D eigenvalue weighted by Crippen LogP contribution is 2.39. The van der Waals surface area contributed by atoms with Crippen LogP contribution in [0.3, 0.4) is 0 Å². The molecule has 0 saturated heterocycles. The third-order valence-corrected chi connectivity index (χ3v) is 6.27. The summed E-state index contributed by atoms with van der Waals surface area (Å²) < 4.78 is 10.5. The Hall–Kier alpha value is -2.54. The van der Waals surface area contributed by atoms with Gasteiger partial charge in [0, 0.05) is 11.3 Å². The van der Waals surface area contributed by atoms with Gasteiger partial charge in [0.25, 0.3) is 5.91 Å². The lowest BCUT2D eigenvalue weighted by Gasteiger charge is -2.18. The van der Waals surface area contributed by atoms with Crippen LogP contribution in [0.25, 0.3) is 0 Å². The molecule has 2 amide bonds. The van der Waals surface area contributed by atoms with Crippen molar-refractivity contribution in [2.24, 2.45) is 11.7 Å². The van der Waals surface area contributed by atoms with Crippen molar-refractivity contribution in [1.82, 2.24) is 0 Å². The summed E-state index contributed by atoms with van der Waals surface area (Å²) in [5.74, 6) is 1.27. The zero-order valence-corrected chi connectivity index (χ0v) is 17.3. The van der Waals surface area contributed by atoms with Crippen LogP contribution in [0.1, 0.15) is 46.1 Å². The fourth-order valence-corrected chi connectivity index (χ4v) is 5.01. The first-order valence-electron chi connectivity index (χ1n) is 9.38. The van der Waals surface area contributed by atoms with E-state index in [1.807, 2.05) is 18.2 Å². The number of carbonyl (C=O) groups excluding carboxylic acids is 2. The Labute approximate surface area is 169 Å². The molecule has 2 aromatic rings. The molecule has 3 rings (SSSR count). The van der Waals surface area contributed by atoms with Crippen LogP contribution in [0.5, 0.6) is 11.5 Å². The van der Waals surface area contributed by atoms with Crippen molar-refractivity contribution in [3.63, 3.8) is 0 Å². The quantitative estimate of drug-likeness (QED) is 0.741. The second kappa shape index (κ2) is 8.65. The molecule has 7 heteroatoms. The van der Waals surface area contributed by atoms with Crippen LogP contribution in [0.2, 0.25) is 0 Å². The van der Waals surface area contributed by atoms with Crippen molar-refractivity contribution >= 4 is 28.2 Å². The van der Waals surface area contributed by atoms with E-state index in [0.717, 1.165) is 30.4 Å². The van der Waals surface area contributed by atoms with Gasteiger partial charge in [-0.3, -0.25) is 9.59 Å². The fourth-order valence-electron chi connectivity index (χ4n) is 3.58. The van der Waals surface area contributed by atoms with Gasteiger partial charge in [-0.2, -0.15) is 0 Å². The highest BCUT2D eigenvalue weighted by atomic mass is 32.1. The van der Waals surface area contributed by atoms with E-state index >= 15 is 0 Å². The molecular weight excluding hydrogens is 376 g/mol. The smallest absolute Gasteiger partial charge is 0.251 e. The van der Waals surface area contributed by atoms with Gasteiger partial charge in [-0.1, -0.05) is 13.0 Å². The number of aryl methyl sites for hydroxylation is 1. The van der Waals surface area contributed by atoms with E-state index in [9.17, 15) is 9.59 Å². The van der Waals surface area contributed by atoms with Crippen LogP contribution >= 0.6 is 11.3 Å². The average Bonchev–Trinajstić information content (AvgIpc) is 3.02. The van der Waals surface area contributed by atoms with Crippen LogP contribution in [0.15, 0.2) is 18.2 Å². The summed E-state index contributed by atoms with van der Waals surface area (Å²) in [6.07, 6.45) is 3.66. The number of fused-ring (bicyclic) bond motifs is 1. The van der Waals surface area contributed by atoms with Crippen LogP contribution in [0, 0.1) is 5.92 Å². The second-order valence-corrected chi connectivity index (χ2v) is 8.26. The van der Waals surface area contributed by atoms with E-state index in [1.165, 1.54) is 16.2 Å². The lowest BCUT2D eigenvalue weighted by atomic mass is 9.88. The third-order valence-electron chi connectivity index (χ3n) is 5.10. The van der Waals surface area contributed by atoms with Gasteiger partial charge in [0.15, 0.2) is 11.5 Å². The molecule has 1 heterocycles. The van der Waals surface area contributed by atoms with Crippen molar-refractivity contribution in [2.45, 2.75) is 39.0 Å². The minimum atomic E-state index is -0.470. The third kappa shape index (κ3) is 4.30. The lowest BCUT2D eigenvalue weighted by molar-refractivity contribution is -0.116. The number of benzene rings is 1. The Morgan fingerprint density at radius 2 is 2.00 bits per heavy atom. The number of ether oxygens (including phenoxy) is 2. The van der Waals surface area contributed by atoms with Crippen molar-refractivity contribution < 1.29 is 19.1 Å². The minimum absolute atomic E-state index is 0.135. The number of amides is 2. The molecule has 0 bridgehead atoms. The lowest BCUT2D eigenvalue weighted by Crippen LogP contribution is -2.19. The summed E-state index contributed by atoms with van der Waals surface area (Å²) in [5, 5.41) is 3.50. The number of rotatable bonds is 7. The number of hydrogen-bond acceptors (Lipinski definition) is 5. The Morgan fingerprint density at radius 1 is 1.25 bits per heavy atom. The molecule has 1 atom stereocenters. The van der Waals surface area contributed by atoms with Crippen molar-refractivity contribution in [3.05, 3.63) is 39.8 Å². The number of hydrogen-bond donors (Lipinski definition) is 2.